The summed E-state index contributed by atoms with van der Waals surface area (Å²) in [6.07, 6.45) is 7.73. The molecule has 1 aliphatic heterocycles. The van der Waals surface area contributed by atoms with Crippen LogP contribution in [0.25, 0.3) is 0 Å². The highest BCUT2D eigenvalue weighted by atomic mass is 16.5. The summed E-state index contributed by atoms with van der Waals surface area (Å²) in [5, 5.41) is 9.99. The quantitative estimate of drug-likeness (QED) is 0.860. The van der Waals surface area contributed by atoms with Gasteiger partial charge in [0.2, 0.25) is 0 Å². The molecule has 0 aliphatic carbocycles. The Kier molecular flexibility index (Phi) is 6.41. The van der Waals surface area contributed by atoms with E-state index in [1.807, 2.05) is 12.1 Å². The van der Waals surface area contributed by atoms with E-state index in [4.69, 9.17) is 9.15 Å². The highest BCUT2D eigenvalue weighted by molar-refractivity contribution is 4.96. The summed E-state index contributed by atoms with van der Waals surface area (Å²) in [4.78, 5) is 2.36. The zero-order chi connectivity index (χ0) is 13.3. The third kappa shape index (κ3) is 5.76. The minimum absolute atomic E-state index is 0.372. The molecule has 1 fully saturated rings. The van der Waals surface area contributed by atoms with Gasteiger partial charge in [0.15, 0.2) is 0 Å². The summed E-state index contributed by atoms with van der Waals surface area (Å²) >= 11 is 0. The maximum atomic E-state index is 9.99. The Labute approximate surface area is 115 Å². The molecule has 19 heavy (non-hydrogen) atoms. The molecule has 1 unspecified atom stereocenters. The molecule has 2 rings (SSSR count). The molecule has 4 heteroatoms. The topological polar surface area (TPSA) is 45.8 Å². The van der Waals surface area contributed by atoms with Crippen molar-refractivity contribution in [3.63, 3.8) is 0 Å². The molecule has 1 aromatic heterocycles. The average molecular weight is 267 g/mol. The molecule has 0 spiro atoms. The summed E-state index contributed by atoms with van der Waals surface area (Å²) < 4.78 is 10.6. The zero-order valence-corrected chi connectivity index (χ0v) is 11.6. The zero-order valence-electron chi connectivity index (χ0n) is 11.6. The van der Waals surface area contributed by atoms with Gasteiger partial charge in [0.1, 0.15) is 12.4 Å². The average Bonchev–Trinajstić information content (AvgIpc) is 2.85. The lowest BCUT2D eigenvalue weighted by Crippen LogP contribution is -2.36. The lowest BCUT2D eigenvalue weighted by molar-refractivity contribution is 0.00412. The van der Waals surface area contributed by atoms with Crippen LogP contribution in [0.15, 0.2) is 22.8 Å². The molecule has 1 saturated heterocycles. The van der Waals surface area contributed by atoms with Crippen molar-refractivity contribution in [2.45, 2.75) is 44.8 Å². The number of rotatable bonds is 6. The van der Waals surface area contributed by atoms with Crippen LogP contribution in [0, 0.1) is 0 Å². The maximum absolute atomic E-state index is 9.99. The van der Waals surface area contributed by atoms with E-state index in [9.17, 15) is 5.11 Å². The molecule has 0 saturated carbocycles. The van der Waals surface area contributed by atoms with Crippen LogP contribution < -0.4 is 0 Å². The first kappa shape index (κ1) is 14.6. The molecule has 1 N–H and O–H groups in total. The van der Waals surface area contributed by atoms with Gasteiger partial charge in [-0.05, 0) is 38.1 Å². The third-order valence-electron chi connectivity index (χ3n) is 3.55. The van der Waals surface area contributed by atoms with Gasteiger partial charge in [-0.25, -0.2) is 0 Å². The molecule has 4 nitrogen and oxygen atoms in total. The van der Waals surface area contributed by atoms with Crippen LogP contribution in [-0.2, 0) is 11.3 Å². The second kappa shape index (κ2) is 8.35. The summed E-state index contributed by atoms with van der Waals surface area (Å²) in [5.74, 6) is 0.804. The van der Waals surface area contributed by atoms with Gasteiger partial charge in [0, 0.05) is 6.54 Å². The van der Waals surface area contributed by atoms with E-state index in [2.05, 4.69) is 4.90 Å². The van der Waals surface area contributed by atoms with Gasteiger partial charge in [-0.15, -0.1) is 0 Å². The van der Waals surface area contributed by atoms with E-state index in [-0.39, 0.29) is 0 Å². The molecule has 1 aromatic rings. The number of furan rings is 1. The van der Waals surface area contributed by atoms with Crippen LogP contribution in [0.5, 0.6) is 0 Å². The number of likely N-dealkylation sites (tertiary alicyclic amines) is 1. The standard InChI is InChI=1S/C15H25NO3/c17-14(12-18-13-15-7-6-10-19-15)11-16-8-4-2-1-3-5-9-16/h6-7,10,14,17H,1-5,8-9,11-13H2. The predicted molar refractivity (Wildman–Crippen MR) is 73.9 cm³/mol. The summed E-state index contributed by atoms with van der Waals surface area (Å²) in [5.41, 5.74) is 0. The van der Waals surface area contributed by atoms with Crippen molar-refractivity contribution < 1.29 is 14.3 Å². The van der Waals surface area contributed by atoms with Gasteiger partial charge in [-0.3, -0.25) is 0 Å². The third-order valence-corrected chi connectivity index (χ3v) is 3.55. The Morgan fingerprint density at radius 1 is 1.21 bits per heavy atom. The molecule has 0 radical (unpaired) electrons. The first-order valence-corrected chi connectivity index (χ1v) is 7.35. The van der Waals surface area contributed by atoms with Crippen LogP contribution >= 0.6 is 0 Å². The van der Waals surface area contributed by atoms with Crippen LogP contribution in [-0.4, -0.2) is 42.4 Å². The molecular weight excluding hydrogens is 242 g/mol. The van der Waals surface area contributed by atoms with Crippen LogP contribution in [0.1, 0.15) is 37.9 Å². The van der Waals surface area contributed by atoms with E-state index in [1.165, 1.54) is 32.1 Å². The van der Waals surface area contributed by atoms with Crippen molar-refractivity contribution in [3.8, 4) is 0 Å². The van der Waals surface area contributed by atoms with Crippen LogP contribution in [0.3, 0.4) is 0 Å². The van der Waals surface area contributed by atoms with Crippen molar-refractivity contribution >= 4 is 0 Å². The van der Waals surface area contributed by atoms with Crippen molar-refractivity contribution in [1.82, 2.24) is 4.90 Å². The van der Waals surface area contributed by atoms with Gasteiger partial charge in [-0.1, -0.05) is 19.3 Å². The molecule has 1 atom stereocenters. The fourth-order valence-electron chi connectivity index (χ4n) is 2.54. The smallest absolute Gasteiger partial charge is 0.129 e. The fourth-order valence-corrected chi connectivity index (χ4v) is 2.54. The minimum atomic E-state index is -0.408. The number of aliphatic hydroxyl groups excluding tert-OH is 1. The van der Waals surface area contributed by atoms with Crippen LogP contribution in [0.2, 0.25) is 0 Å². The fraction of sp³-hybridized carbons (Fsp3) is 0.733. The predicted octanol–water partition coefficient (Wildman–Crippen LogP) is 2.42. The lowest BCUT2D eigenvalue weighted by atomic mass is 10.1. The van der Waals surface area contributed by atoms with Crippen molar-refractivity contribution in [2.24, 2.45) is 0 Å². The first-order chi connectivity index (χ1) is 9.34. The van der Waals surface area contributed by atoms with Gasteiger partial charge >= 0.3 is 0 Å². The highest BCUT2D eigenvalue weighted by Crippen LogP contribution is 2.11. The number of hydrogen-bond acceptors (Lipinski definition) is 4. The molecule has 0 aromatic carbocycles. The number of ether oxygens (including phenoxy) is 1. The molecule has 0 amide bonds. The Morgan fingerprint density at radius 2 is 1.95 bits per heavy atom. The molecule has 108 valence electrons. The van der Waals surface area contributed by atoms with Crippen molar-refractivity contribution in [3.05, 3.63) is 24.2 Å². The summed E-state index contributed by atoms with van der Waals surface area (Å²) in [7, 11) is 0. The Balaban J connectivity index is 1.61. The van der Waals surface area contributed by atoms with Crippen molar-refractivity contribution in [1.29, 1.82) is 0 Å². The molecule has 1 aliphatic rings. The Morgan fingerprint density at radius 3 is 2.63 bits per heavy atom. The van der Waals surface area contributed by atoms with Gasteiger partial charge in [0.25, 0.3) is 0 Å². The second-order valence-corrected chi connectivity index (χ2v) is 5.32. The number of β-amino-alcohol motifs (C(OH)–C–C–N with tert-alkyl or cyclic N) is 1. The number of aliphatic hydroxyl groups is 1. The van der Waals surface area contributed by atoms with Gasteiger partial charge in [0.05, 0.1) is 19.0 Å². The molecule has 2 heterocycles. The summed E-state index contributed by atoms with van der Waals surface area (Å²) in [6.45, 7) is 3.74. The van der Waals surface area contributed by atoms with Gasteiger partial charge in [-0.2, -0.15) is 0 Å². The highest BCUT2D eigenvalue weighted by Gasteiger charge is 2.13. The second-order valence-electron chi connectivity index (χ2n) is 5.32. The SMILES string of the molecule is OC(COCc1ccco1)CN1CCCCCCC1. The normalized spacial score (nSPS) is 19.8. The monoisotopic (exact) mass is 267 g/mol. The number of nitrogens with zero attached hydrogens (tertiary/aromatic N) is 1. The minimum Gasteiger partial charge on any atom is -0.467 e. The summed E-state index contributed by atoms with van der Waals surface area (Å²) in [6, 6.07) is 3.72. The lowest BCUT2D eigenvalue weighted by Gasteiger charge is -2.26. The molecule has 0 bridgehead atoms. The van der Waals surface area contributed by atoms with E-state index in [1.54, 1.807) is 6.26 Å². The Bertz CT molecular complexity index is 318. The first-order valence-electron chi connectivity index (χ1n) is 7.35. The number of hydrogen-bond donors (Lipinski definition) is 1. The Hall–Kier alpha value is -0.840. The van der Waals surface area contributed by atoms with Crippen molar-refractivity contribution in [2.75, 3.05) is 26.2 Å². The van der Waals surface area contributed by atoms with E-state index < -0.39 is 6.10 Å². The van der Waals surface area contributed by atoms with E-state index >= 15 is 0 Å². The largest absolute Gasteiger partial charge is 0.467 e. The van der Waals surface area contributed by atoms with E-state index in [0.29, 0.717) is 13.2 Å². The maximum Gasteiger partial charge on any atom is 0.129 e. The van der Waals surface area contributed by atoms with Gasteiger partial charge < -0.3 is 19.2 Å². The van der Waals surface area contributed by atoms with E-state index in [0.717, 1.165) is 25.4 Å². The van der Waals surface area contributed by atoms with Crippen LogP contribution in [0.4, 0.5) is 0 Å². The molecular formula is C15H25NO3.